The van der Waals surface area contributed by atoms with Crippen molar-refractivity contribution in [2.45, 2.75) is 19.3 Å². The number of H-pyrrole nitrogens is 1. The van der Waals surface area contributed by atoms with Crippen LogP contribution in [-0.4, -0.2) is 43.0 Å². The van der Waals surface area contributed by atoms with Crippen molar-refractivity contribution < 1.29 is 4.79 Å². The molecule has 5 heteroatoms. The lowest BCUT2D eigenvalue weighted by Gasteiger charge is -2.24. The molecule has 2 N–H and O–H groups in total. The molecule has 0 spiro atoms. The number of hydrogen-bond donors (Lipinski definition) is 2. The van der Waals surface area contributed by atoms with Crippen molar-refractivity contribution >= 4 is 28.4 Å². The van der Waals surface area contributed by atoms with Crippen molar-refractivity contribution in [1.82, 2.24) is 15.2 Å². The Labute approximate surface area is 130 Å². The van der Waals surface area contributed by atoms with Crippen molar-refractivity contribution in [3.63, 3.8) is 0 Å². The number of aromatic nitrogens is 1. The highest BCUT2D eigenvalue weighted by Gasteiger charge is 2.31. The van der Waals surface area contributed by atoms with Gasteiger partial charge >= 0.3 is 0 Å². The van der Waals surface area contributed by atoms with Crippen molar-refractivity contribution in [3.8, 4) is 0 Å². The summed E-state index contributed by atoms with van der Waals surface area (Å²) in [5.41, 5.74) is 1.33. The van der Waals surface area contributed by atoms with E-state index in [2.05, 4.69) is 10.3 Å². The second-order valence-corrected chi connectivity index (χ2v) is 6.51. The first-order valence-corrected chi connectivity index (χ1v) is 7.40. The molecule has 0 radical (unpaired) electrons. The maximum atomic E-state index is 12.5. The van der Waals surface area contributed by atoms with Crippen LogP contribution in [0.1, 0.15) is 19.4 Å². The SMILES string of the molecule is CN(C)CCNC(=O)C(C)(C)c1c[nH]c2cc(Cl)ccc12. The van der Waals surface area contributed by atoms with E-state index in [0.717, 1.165) is 23.0 Å². The highest BCUT2D eigenvalue weighted by Crippen LogP contribution is 2.31. The summed E-state index contributed by atoms with van der Waals surface area (Å²) in [5.74, 6) is 0.0280. The number of hydrogen-bond acceptors (Lipinski definition) is 2. The predicted octanol–water partition coefficient (Wildman–Crippen LogP) is 2.78. The van der Waals surface area contributed by atoms with E-state index in [-0.39, 0.29) is 5.91 Å². The van der Waals surface area contributed by atoms with Gasteiger partial charge in [0.15, 0.2) is 0 Å². The van der Waals surface area contributed by atoms with Crippen molar-refractivity contribution in [2.75, 3.05) is 27.2 Å². The molecule has 21 heavy (non-hydrogen) atoms. The number of likely N-dealkylation sites (N-methyl/N-ethyl adjacent to an activating group) is 1. The summed E-state index contributed by atoms with van der Waals surface area (Å²) in [6.45, 7) is 5.35. The van der Waals surface area contributed by atoms with Crippen LogP contribution in [0.15, 0.2) is 24.4 Å². The highest BCUT2D eigenvalue weighted by molar-refractivity contribution is 6.31. The lowest BCUT2D eigenvalue weighted by atomic mass is 9.83. The first kappa shape index (κ1) is 15.9. The van der Waals surface area contributed by atoms with E-state index in [4.69, 9.17) is 11.6 Å². The quantitative estimate of drug-likeness (QED) is 0.892. The highest BCUT2D eigenvalue weighted by atomic mass is 35.5. The number of halogens is 1. The summed E-state index contributed by atoms with van der Waals surface area (Å²) in [7, 11) is 3.97. The van der Waals surface area contributed by atoms with Gasteiger partial charge in [-0.25, -0.2) is 0 Å². The number of carbonyl (C=O) groups excluding carboxylic acids is 1. The monoisotopic (exact) mass is 307 g/mol. The van der Waals surface area contributed by atoms with Gasteiger partial charge in [0.05, 0.1) is 5.41 Å². The third-order valence-corrected chi connectivity index (χ3v) is 3.96. The van der Waals surface area contributed by atoms with Gasteiger partial charge in [0.25, 0.3) is 0 Å². The van der Waals surface area contributed by atoms with Crippen LogP contribution in [0, 0.1) is 0 Å². The molecule has 1 aromatic carbocycles. The number of carbonyl (C=O) groups is 1. The smallest absolute Gasteiger partial charge is 0.230 e. The van der Waals surface area contributed by atoms with Crippen LogP contribution in [0.3, 0.4) is 0 Å². The molecule has 0 atom stereocenters. The zero-order valence-electron chi connectivity index (χ0n) is 13.0. The van der Waals surface area contributed by atoms with Crippen LogP contribution in [0.2, 0.25) is 5.02 Å². The van der Waals surface area contributed by atoms with Gasteiger partial charge in [-0.15, -0.1) is 0 Å². The summed E-state index contributed by atoms with van der Waals surface area (Å²) >= 11 is 6.00. The Balaban J connectivity index is 2.22. The fraction of sp³-hybridized carbons (Fsp3) is 0.438. The molecule has 0 aliphatic rings. The Bertz CT molecular complexity index is 646. The average Bonchev–Trinajstić information content (AvgIpc) is 2.81. The van der Waals surface area contributed by atoms with E-state index in [1.165, 1.54) is 0 Å². The molecule has 2 rings (SSSR count). The molecule has 4 nitrogen and oxygen atoms in total. The largest absolute Gasteiger partial charge is 0.361 e. The van der Waals surface area contributed by atoms with Crippen molar-refractivity contribution in [1.29, 1.82) is 0 Å². The van der Waals surface area contributed by atoms with Gasteiger partial charge < -0.3 is 15.2 Å². The number of amides is 1. The molecule has 0 saturated carbocycles. The number of nitrogens with zero attached hydrogens (tertiary/aromatic N) is 1. The maximum Gasteiger partial charge on any atom is 0.230 e. The Kier molecular flexibility index (Phi) is 4.59. The zero-order chi connectivity index (χ0) is 15.6. The molecule has 1 amide bonds. The molecule has 1 heterocycles. The van der Waals surface area contributed by atoms with E-state index in [1.807, 2.05) is 57.2 Å². The Morgan fingerprint density at radius 3 is 2.76 bits per heavy atom. The van der Waals surface area contributed by atoms with Gasteiger partial charge in [-0.05, 0) is 45.6 Å². The van der Waals surface area contributed by atoms with Gasteiger partial charge in [-0.2, -0.15) is 0 Å². The fourth-order valence-corrected chi connectivity index (χ4v) is 2.52. The Hall–Kier alpha value is -1.52. The second-order valence-electron chi connectivity index (χ2n) is 6.08. The van der Waals surface area contributed by atoms with Crippen LogP contribution in [0.4, 0.5) is 0 Å². The average molecular weight is 308 g/mol. The number of benzene rings is 1. The fourth-order valence-electron chi connectivity index (χ4n) is 2.35. The van der Waals surface area contributed by atoms with E-state index in [0.29, 0.717) is 11.6 Å². The van der Waals surface area contributed by atoms with Crippen LogP contribution in [-0.2, 0) is 10.2 Å². The number of aromatic amines is 1. The van der Waals surface area contributed by atoms with Crippen LogP contribution in [0.25, 0.3) is 10.9 Å². The van der Waals surface area contributed by atoms with E-state index in [9.17, 15) is 4.79 Å². The number of rotatable bonds is 5. The number of fused-ring (bicyclic) bond motifs is 1. The van der Waals surface area contributed by atoms with Crippen LogP contribution < -0.4 is 5.32 Å². The molecule has 0 aliphatic carbocycles. The molecule has 0 bridgehead atoms. The molecule has 114 valence electrons. The minimum absolute atomic E-state index is 0.0280. The van der Waals surface area contributed by atoms with Crippen molar-refractivity contribution in [3.05, 3.63) is 35.0 Å². The normalized spacial score (nSPS) is 12.1. The van der Waals surface area contributed by atoms with Gasteiger partial charge in [0.1, 0.15) is 0 Å². The van der Waals surface area contributed by atoms with E-state index in [1.54, 1.807) is 0 Å². The van der Waals surface area contributed by atoms with Gasteiger partial charge in [-0.1, -0.05) is 17.7 Å². The van der Waals surface area contributed by atoms with Crippen LogP contribution in [0.5, 0.6) is 0 Å². The van der Waals surface area contributed by atoms with Gasteiger partial charge in [0.2, 0.25) is 5.91 Å². The zero-order valence-corrected chi connectivity index (χ0v) is 13.7. The molecular formula is C16H22ClN3O. The minimum atomic E-state index is -0.599. The predicted molar refractivity (Wildman–Crippen MR) is 87.9 cm³/mol. The molecule has 0 unspecified atom stereocenters. The van der Waals surface area contributed by atoms with E-state index < -0.39 is 5.41 Å². The Morgan fingerprint density at radius 2 is 2.10 bits per heavy atom. The Morgan fingerprint density at radius 1 is 1.38 bits per heavy atom. The molecule has 2 aromatic rings. The molecule has 1 aromatic heterocycles. The molecular weight excluding hydrogens is 286 g/mol. The second kappa shape index (κ2) is 6.08. The van der Waals surface area contributed by atoms with Crippen LogP contribution >= 0.6 is 11.6 Å². The number of nitrogens with one attached hydrogen (secondary N) is 2. The standard InChI is InChI=1S/C16H22ClN3O/c1-16(2,15(21)18-7-8-20(3)4)13-10-19-14-9-11(17)5-6-12(13)14/h5-6,9-10,19H,7-8H2,1-4H3,(H,18,21). The van der Waals surface area contributed by atoms with E-state index >= 15 is 0 Å². The third-order valence-electron chi connectivity index (χ3n) is 3.73. The summed E-state index contributed by atoms with van der Waals surface area (Å²) in [4.78, 5) is 17.7. The molecule has 0 saturated heterocycles. The summed E-state index contributed by atoms with van der Waals surface area (Å²) < 4.78 is 0. The summed E-state index contributed by atoms with van der Waals surface area (Å²) in [5, 5.41) is 4.72. The molecule has 0 fully saturated rings. The first-order chi connectivity index (χ1) is 9.82. The first-order valence-electron chi connectivity index (χ1n) is 7.02. The molecule has 0 aliphatic heterocycles. The lowest BCUT2D eigenvalue weighted by molar-refractivity contribution is -0.125. The summed E-state index contributed by atoms with van der Waals surface area (Å²) in [6.07, 6.45) is 1.90. The third kappa shape index (κ3) is 3.39. The van der Waals surface area contributed by atoms with Gasteiger partial charge in [0, 0.05) is 35.2 Å². The van der Waals surface area contributed by atoms with Gasteiger partial charge in [-0.3, -0.25) is 4.79 Å². The summed E-state index contributed by atoms with van der Waals surface area (Å²) in [6, 6.07) is 5.68. The topological polar surface area (TPSA) is 48.1 Å². The maximum absolute atomic E-state index is 12.5. The minimum Gasteiger partial charge on any atom is -0.361 e. The lowest BCUT2D eigenvalue weighted by Crippen LogP contribution is -2.42. The van der Waals surface area contributed by atoms with Crippen molar-refractivity contribution in [2.24, 2.45) is 0 Å².